The first-order chi connectivity index (χ1) is 6.36. The van der Waals surface area contributed by atoms with Gasteiger partial charge in [-0.1, -0.05) is 18.2 Å². The molecule has 0 bridgehead atoms. The van der Waals surface area contributed by atoms with Crippen molar-refractivity contribution in [2.24, 2.45) is 0 Å². The van der Waals surface area contributed by atoms with Gasteiger partial charge in [0.1, 0.15) is 5.82 Å². The fourth-order valence-electron chi connectivity index (χ4n) is 1.24. The molecular formula is C11H9FN. The van der Waals surface area contributed by atoms with E-state index >= 15 is 0 Å². The Morgan fingerprint density at radius 1 is 1.31 bits per heavy atom. The monoisotopic (exact) mass is 174 g/mol. The van der Waals surface area contributed by atoms with Crippen molar-refractivity contribution in [2.75, 3.05) is 0 Å². The van der Waals surface area contributed by atoms with Crippen molar-refractivity contribution < 1.29 is 4.39 Å². The number of nitrogens with zero attached hydrogens (tertiary/aromatic N) is 1. The average Bonchev–Trinajstić information content (AvgIpc) is 2.61. The van der Waals surface area contributed by atoms with Gasteiger partial charge in [-0.05, 0) is 12.1 Å². The summed E-state index contributed by atoms with van der Waals surface area (Å²) in [5.41, 5.74) is 0.701. The van der Waals surface area contributed by atoms with Gasteiger partial charge in [0, 0.05) is 30.6 Å². The highest BCUT2D eigenvalue weighted by atomic mass is 19.1. The van der Waals surface area contributed by atoms with Gasteiger partial charge in [0.05, 0.1) is 0 Å². The third-order valence-electron chi connectivity index (χ3n) is 1.91. The predicted molar refractivity (Wildman–Crippen MR) is 48.8 cm³/mol. The van der Waals surface area contributed by atoms with E-state index in [-0.39, 0.29) is 5.82 Å². The molecule has 1 radical (unpaired) electrons. The molecule has 0 unspecified atom stereocenters. The van der Waals surface area contributed by atoms with Crippen LogP contribution >= 0.6 is 0 Å². The molecule has 2 heteroatoms. The van der Waals surface area contributed by atoms with Gasteiger partial charge in [0.15, 0.2) is 0 Å². The molecule has 1 nitrogen and oxygen atoms in total. The highest BCUT2D eigenvalue weighted by Crippen LogP contribution is 2.08. The van der Waals surface area contributed by atoms with E-state index in [2.05, 4.69) is 6.07 Å². The first-order valence-electron chi connectivity index (χ1n) is 4.11. The zero-order chi connectivity index (χ0) is 9.10. The van der Waals surface area contributed by atoms with E-state index in [0.717, 1.165) is 0 Å². The van der Waals surface area contributed by atoms with Crippen LogP contribution in [-0.2, 0) is 6.54 Å². The van der Waals surface area contributed by atoms with Crippen LogP contribution in [-0.4, -0.2) is 4.57 Å². The van der Waals surface area contributed by atoms with E-state index in [1.165, 1.54) is 6.07 Å². The Morgan fingerprint density at radius 2 is 2.15 bits per heavy atom. The molecule has 65 valence electrons. The molecule has 0 fully saturated rings. The van der Waals surface area contributed by atoms with E-state index in [9.17, 15) is 4.39 Å². The third-order valence-corrected chi connectivity index (χ3v) is 1.91. The van der Waals surface area contributed by atoms with Crippen LogP contribution in [0, 0.1) is 11.9 Å². The normalized spacial score (nSPS) is 10.2. The lowest BCUT2D eigenvalue weighted by molar-refractivity contribution is 0.600. The van der Waals surface area contributed by atoms with Crippen LogP contribution in [0.1, 0.15) is 5.56 Å². The first-order valence-corrected chi connectivity index (χ1v) is 4.11. The van der Waals surface area contributed by atoms with Gasteiger partial charge in [-0.25, -0.2) is 4.39 Å². The minimum Gasteiger partial charge on any atom is -0.349 e. The molecule has 2 rings (SSSR count). The van der Waals surface area contributed by atoms with E-state index in [1.807, 2.05) is 16.8 Å². The average molecular weight is 174 g/mol. The molecule has 0 saturated heterocycles. The Bertz CT molecular complexity index is 379. The summed E-state index contributed by atoms with van der Waals surface area (Å²) >= 11 is 0. The third kappa shape index (κ3) is 1.78. The van der Waals surface area contributed by atoms with Crippen molar-refractivity contribution in [1.29, 1.82) is 0 Å². The fraction of sp³-hybridized carbons (Fsp3) is 0.0909. The Labute approximate surface area is 76.4 Å². The van der Waals surface area contributed by atoms with Gasteiger partial charge >= 0.3 is 0 Å². The van der Waals surface area contributed by atoms with Crippen molar-refractivity contribution >= 4 is 0 Å². The Kier molecular flexibility index (Phi) is 2.13. The predicted octanol–water partition coefficient (Wildman–Crippen LogP) is 2.48. The van der Waals surface area contributed by atoms with Crippen LogP contribution in [0.2, 0.25) is 0 Å². The van der Waals surface area contributed by atoms with Crippen molar-refractivity contribution in [3.8, 4) is 0 Å². The highest BCUT2D eigenvalue weighted by molar-refractivity contribution is 5.17. The molecule has 0 aliphatic heterocycles. The van der Waals surface area contributed by atoms with Crippen molar-refractivity contribution in [3.63, 3.8) is 0 Å². The van der Waals surface area contributed by atoms with Crippen LogP contribution in [0.5, 0.6) is 0 Å². The Morgan fingerprint density at radius 3 is 2.85 bits per heavy atom. The molecule has 13 heavy (non-hydrogen) atoms. The molecule has 0 saturated carbocycles. The van der Waals surface area contributed by atoms with E-state index in [0.29, 0.717) is 12.1 Å². The Hall–Kier alpha value is -1.57. The summed E-state index contributed by atoms with van der Waals surface area (Å²) in [4.78, 5) is 0. The van der Waals surface area contributed by atoms with Gasteiger partial charge in [0.2, 0.25) is 0 Å². The standard InChI is InChI=1S/C11H9FN/c12-11-6-2-1-5-10(11)9-13-7-3-4-8-13/h1-3,5-8H,9H2. The quantitative estimate of drug-likeness (QED) is 0.659. The van der Waals surface area contributed by atoms with Gasteiger partial charge in [-0.3, -0.25) is 0 Å². The van der Waals surface area contributed by atoms with E-state index in [1.54, 1.807) is 24.4 Å². The second-order valence-electron chi connectivity index (χ2n) is 2.88. The molecule has 1 aromatic carbocycles. The summed E-state index contributed by atoms with van der Waals surface area (Å²) in [6, 6.07) is 11.5. The summed E-state index contributed by atoms with van der Waals surface area (Å²) in [5, 5.41) is 0. The van der Waals surface area contributed by atoms with Crippen molar-refractivity contribution in [1.82, 2.24) is 4.57 Å². The minimum atomic E-state index is -0.156. The summed E-state index contributed by atoms with van der Waals surface area (Å²) < 4.78 is 15.0. The maximum atomic E-state index is 13.2. The second-order valence-corrected chi connectivity index (χ2v) is 2.88. The van der Waals surface area contributed by atoms with Crippen LogP contribution in [0.3, 0.4) is 0 Å². The fourth-order valence-corrected chi connectivity index (χ4v) is 1.24. The van der Waals surface area contributed by atoms with E-state index in [4.69, 9.17) is 0 Å². The first kappa shape index (κ1) is 8.05. The van der Waals surface area contributed by atoms with Crippen LogP contribution < -0.4 is 0 Å². The lowest BCUT2D eigenvalue weighted by atomic mass is 10.2. The van der Waals surface area contributed by atoms with Crippen molar-refractivity contribution in [3.05, 3.63) is 60.2 Å². The van der Waals surface area contributed by atoms with Crippen molar-refractivity contribution in [2.45, 2.75) is 6.54 Å². The second kappa shape index (κ2) is 3.44. The molecule has 1 heterocycles. The zero-order valence-corrected chi connectivity index (χ0v) is 7.07. The number of hydrogen-bond acceptors (Lipinski definition) is 0. The number of aromatic nitrogens is 1. The van der Waals surface area contributed by atoms with Crippen LogP contribution in [0.15, 0.2) is 42.7 Å². The van der Waals surface area contributed by atoms with Crippen LogP contribution in [0.4, 0.5) is 4.39 Å². The molecule has 2 aromatic rings. The molecule has 1 aromatic heterocycles. The number of hydrogen-bond donors (Lipinski definition) is 0. The van der Waals surface area contributed by atoms with E-state index < -0.39 is 0 Å². The molecule has 0 aliphatic rings. The number of benzene rings is 1. The largest absolute Gasteiger partial charge is 0.349 e. The summed E-state index contributed by atoms with van der Waals surface area (Å²) in [6.07, 6.45) is 3.67. The topological polar surface area (TPSA) is 4.93 Å². The van der Waals surface area contributed by atoms with Crippen LogP contribution in [0.25, 0.3) is 0 Å². The molecular weight excluding hydrogens is 165 g/mol. The summed E-state index contributed by atoms with van der Waals surface area (Å²) in [7, 11) is 0. The Balaban J connectivity index is 2.24. The molecule has 0 atom stereocenters. The SMILES string of the molecule is Fc1ccccc1Cn1c[c]cc1. The molecule has 0 aliphatic carbocycles. The summed E-state index contributed by atoms with van der Waals surface area (Å²) in [6.45, 7) is 0.566. The minimum absolute atomic E-state index is 0.156. The van der Waals surface area contributed by atoms with Gasteiger partial charge in [-0.15, -0.1) is 0 Å². The molecule has 0 spiro atoms. The van der Waals surface area contributed by atoms with Gasteiger partial charge < -0.3 is 4.57 Å². The summed E-state index contributed by atoms with van der Waals surface area (Å²) in [5.74, 6) is -0.156. The smallest absolute Gasteiger partial charge is 0.128 e. The van der Waals surface area contributed by atoms with Gasteiger partial charge in [-0.2, -0.15) is 0 Å². The maximum absolute atomic E-state index is 13.2. The highest BCUT2D eigenvalue weighted by Gasteiger charge is 1.99. The maximum Gasteiger partial charge on any atom is 0.128 e. The van der Waals surface area contributed by atoms with Gasteiger partial charge in [0.25, 0.3) is 0 Å². The number of halogens is 1. The molecule has 0 N–H and O–H groups in total. The lowest BCUT2D eigenvalue weighted by Gasteiger charge is -2.03. The zero-order valence-electron chi connectivity index (χ0n) is 7.07. The number of rotatable bonds is 2. The lowest BCUT2D eigenvalue weighted by Crippen LogP contribution is -1.98. The molecule has 0 amide bonds.